The summed E-state index contributed by atoms with van der Waals surface area (Å²) in [6, 6.07) is 1.97. The number of hydrogen-bond donors (Lipinski definition) is 0. The molecule has 0 spiro atoms. The molecule has 0 amide bonds. The summed E-state index contributed by atoms with van der Waals surface area (Å²) < 4.78 is 5.59. The summed E-state index contributed by atoms with van der Waals surface area (Å²) >= 11 is 0. The Morgan fingerprint density at radius 3 is 2.11 bits per heavy atom. The Balaban J connectivity index is 2.89. The second-order valence-corrected chi connectivity index (χ2v) is 6.95. The molecule has 0 unspecified atom stereocenters. The summed E-state index contributed by atoms with van der Waals surface area (Å²) in [5.74, 6) is 0.772. The smallest absolute Gasteiger partial charge is 0.153 e. The van der Waals surface area contributed by atoms with Crippen LogP contribution in [0.25, 0.3) is 0 Å². The van der Waals surface area contributed by atoms with Gasteiger partial charge in [0.2, 0.25) is 0 Å². The van der Waals surface area contributed by atoms with Gasteiger partial charge in [0.15, 0.2) is 6.29 Å². The minimum Gasteiger partial charge on any atom is -0.496 e. The van der Waals surface area contributed by atoms with E-state index in [1.807, 2.05) is 6.07 Å². The van der Waals surface area contributed by atoms with E-state index < -0.39 is 0 Å². The number of carbonyl (C=O) groups is 1. The standard InChI is InChI=1S/C17H24O2/c1-11-9-12(10-18)15(19-6)14-13(11)16(2,3)7-8-17(14,4)5/h9-10H,7-8H2,1-6H3. The van der Waals surface area contributed by atoms with Crippen molar-refractivity contribution in [2.75, 3.05) is 7.11 Å². The van der Waals surface area contributed by atoms with Gasteiger partial charge in [-0.3, -0.25) is 4.79 Å². The highest BCUT2D eigenvalue weighted by Gasteiger charge is 2.41. The lowest BCUT2D eigenvalue weighted by Gasteiger charge is -2.43. The molecule has 0 bridgehead atoms. The average Bonchev–Trinajstić information content (AvgIpc) is 2.33. The van der Waals surface area contributed by atoms with E-state index in [-0.39, 0.29) is 10.8 Å². The summed E-state index contributed by atoms with van der Waals surface area (Å²) in [5, 5.41) is 0. The number of fused-ring (bicyclic) bond motifs is 1. The molecule has 1 aromatic rings. The summed E-state index contributed by atoms with van der Waals surface area (Å²) in [4.78, 5) is 11.3. The first-order valence-electron chi connectivity index (χ1n) is 6.92. The van der Waals surface area contributed by atoms with Gasteiger partial charge in [0.1, 0.15) is 5.75 Å². The molecule has 104 valence electrons. The van der Waals surface area contributed by atoms with Gasteiger partial charge in [0.25, 0.3) is 0 Å². The lowest BCUT2D eigenvalue weighted by atomic mass is 9.61. The highest BCUT2D eigenvalue weighted by atomic mass is 16.5. The molecule has 0 N–H and O–H groups in total. The van der Waals surface area contributed by atoms with Gasteiger partial charge in [0, 0.05) is 5.56 Å². The van der Waals surface area contributed by atoms with E-state index in [9.17, 15) is 4.79 Å². The number of hydrogen-bond acceptors (Lipinski definition) is 2. The van der Waals surface area contributed by atoms with Crippen LogP contribution in [0.3, 0.4) is 0 Å². The normalized spacial score (nSPS) is 19.7. The van der Waals surface area contributed by atoms with Gasteiger partial charge in [-0.1, -0.05) is 27.7 Å². The highest BCUT2D eigenvalue weighted by Crippen LogP contribution is 2.51. The Bertz CT molecular complexity index is 525. The third kappa shape index (κ3) is 2.07. The van der Waals surface area contributed by atoms with Crippen LogP contribution in [0.4, 0.5) is 0 Å². The average molecular weight is 260 g/mol. The Kier molecular flexibility index (Phi) is 3.24. The van der Waals surface area contributed by atoms with E-state index in [0.717, 1.165) is 24.9 Å². The monoisotopic (exact) mass is 260 g/mol. The van der Waals surface area contributed by atoms with Gasteiger partial charge in [-0.15, -0.1) is 0 Å². The first-order chi connectivity index (χ1) is 8.74. The van der Waals surface area contributed by atoms with Crippen LogP contribution < -0.4 is 4.74 Å². The van der Waals surface area contributed by atoms with Crippen molar-refractivity contribution in [3.63, 3.8) is 0 Å². The summed E-state index contributed by atoms with van der Waals surface area (Å²) in [6.45, 7) is 11.2. The maximum Gasteiger partial charge on any atom is 0.153 e. The molecule has 1 aliphatic carbocycles. The predicted octanol–water partition coefficient (Wildman–Crippen LogP) is 4.17. The van der Waals surface area contributed by atoms with Gasteiger partial charge >= 0.3 is 0 Å². The third-order valence-electron chi connectivity index (χ3n) is 4.57. The number of aryl methyl sites for hydroxylation is 1. The van der Waals surface area contributed by atoms with Crippen molar-refractivity contribution < 1.29 is 9.53 Å². The highest BCUT2D eigenvalue weighted by molar-refractivity contribution is 5.82. The predicted molar refractivity (Wildman–Crippen MR) is 78.4 cm³/mol. The molecule has 0 heterocycles. The van der Waals surface area contributed by atoms with E-state index in [1.54, 1.807) is 7.11 Å². The zero-order chi connectivity index (χ0) is 14.4. The molecule has 2 heteroatoms. The van der Waals surface area contributed by atoms with Crippen molar-refractivity contribution in [3.8, 4) is 5.75 Å². The molecule has 2 nitrogen and oxygen atoms in total. The molecule has 19 heavy (non-hydrogen) atoms. The number of rotatable bonds is 2. The lowest BCUT2D eigenvalue weighted by molar-refractivity contribution is 0.112. The Labute approximate surface area is 116 Å². The molecule has 2 rings (SSSR count). The molecule has 0 radical (unpaired) electrons. The first-order valence-corrected chi connectivity index (χ1v) is 6.92. The van der Waals surface area contributed by atoms with E-state index >= 15 is 0 Å². The fraction of sp³-hybridized carbons (Fsp3) is 0.588. The quantitative estimate of drug-likeness (QED) is 0.746. The lowest BCUT2D eigenvalue weighted by Crippen LogP contribution is -2.35. The van der Waals surface area contributed by atoms with Crippen LogP contribution in [-0.4, -0.2) is 13.4 Å². The van der Waals surface area contributed by atoms with Crippen molar-refractivity contribution in [1.29, 1.82) is 0 Å². The van der Waals surface area contributed by atoms with E-state index in [2.05, 4.69) is 34.6 Å². The SMILES string of the molecule is COc1c(C=O)cc(C)c2c1C(C)(C)CCC2(C)C. The number of methoxy groups -OCH3 is 1. The van der Waals surface area contributed by atoms with Crippen LogP contribution in [0.15, 0.2) is 6.07 Å². The summed E-state index contributed by atoms with van der Waals surface area (Å²) in [5.41, 5.74) is 4.67. The maximum absolute atomic E-state index is 11.3. The van der Waals surface area contributed by atoms with Crippen LogP contribution in [-0.2, 0) is 10.8 Å². The molecule has 0 fully saturated rings. The van der Waals surface area contributed by atoms with Gasteiger partial charge in [-0.25, -0.2) is 0 Å². The first kappa shape index (κ1) is 14.1. The zero-order valence-electron chi connectivity index (χ0n) is 12.9. The minimum absolute atomic E-state index is 0.0555. The topological polar surface area (TPSA) is 26.3 Å². The second kappa shape index (κ2) is 4.36. The number of benzene rings is 1. The van der Waals surface area contributed by atoms with Crippen molar-refractivity contribution in [1.82, 2.24) is 0 Å². The van der Waals surface area contributed by atoms with E-state index in [4.69, 9.17) is 4.74 Å². The molecule has 0 aliphatic heterocycles. The molecular weight excluding hydrogens is 236 g/mol. The molecule has 0 saturated heterocycles. The molecule has 1 aliphatic rings. The van der Waals surface area contributed by atoms with Crippen LogP contribution in [0.5, 0.6) is 5.75 Å². The number of aldehydes is 1. The number of carbonyl (C=O) groups excluding carboxylic acids is 1. The molecule has 1 aromatic carbocycles. The zero-order valence-corrected chi connectivity index (χ0v) is 12.9. The van der Waals surface area contributed by atoms with Crippen molar-refractivity contribution in [2.45, 2.75) is 58.3 Å². The van der Waals surface area contributed by atoms with Crippen molar-refractivity contribution >= 4 is 6.29 Å². The van der Waals surface area contributed by atoms with Gasteiger partial charge < -0.3 is 4.74 Å². The Morgan fingerprint density at radius 2 is 1.63 bits per heavy atom. The van der Waals surface area contributed by atoms with Crippen molar-refractivity contribution in [2.24, 2.45) is 0 Å². The van der Waals surface area contributed by atoms with E-state index in [1.165, 1.54) is 16.7 Å². The number of ether oxygens (including phenoxy) is 1. The van der Waals surface area contributed by atoms with Crippen LogP contribution in [0, 0.1) is 6.92 Å². The second-order valence-electron chi connectivity index (χ2n) is 6.95. The largest absolute Gasteiger partial charge is 0.496 e. The minimum atomic E-state index is 0.0555. The van der Waals surface area contributed by atoms with Gasteiger partial charge in [-0.05, 0) is 47.8 Å². The van der Waals surface area contributed by atoms with Gasteiger partial charge in [-0.2, -0.15) is 0 Å². The van der Waals surface area contributed by atoms with Crippen LogP contribution in [0.1, 0.15) is 67.6 Å². The molecule has 0 saturated carbocycles. The summed E-state index contributed by atoms with van der Waals surface area (Å²) in [6.07, 6.45) is 3.19. The van der Waals surface area contributed by atoms with Gasteiger partial charge in [0.05, 0.1) is 12.7 Å². The van der Waals surface area contributed by atoms with E-state index in [0.29, 0.717) is 5.56 Å². The Hall–Kier alpha value is -1.31. The fourth-order valence-corrected chi connectivity index (χ4v) is 3.53. The summed E-state index contributed by atoms with van der Waals surface area (Å²) in [7, 11) is 1.66. The molecule has 0 atom stereocenters. The Morgan fingerprint density at radius 1 is 1.11 bits per heavy atom. The van der Waals surface area contributed by atoms with Crippen LogP contribution >= 0.6 is 0 Å². The fourth-order valence-electron chi connectivity index (χ4n) is 3.53. The maximum atomic E-state index is 11.3. The van der Waals surface area contributed by atoms with Crippen LogP contribution in [0.2, 0.25) is 0 Å². The third-order valence-corrected chi connectivity index (χ3v) is 4.57. The molecule has 0 aromatic heterocycles. The molecular formula is C17H24O2. The van der Waals surface area contributed by atoms with Crippen molar-refractivity contribution in [3.05, 3.63) is 28.3 Å².